The second-order valence-electron chi connectivity index (χ2n) is 4.89. The Morgan fingerprint density at radius 3 is 2.35 bits per heavy atom. The van der Waals surface area contributed by atoms with E-state index >= 15 is 0 Å². The maximum absolute atomic E-state index is 13.7. The van der Waals surface area contributed by atoms with Crippen molar-refractivity contribution in [2.75, 3.05) is 7.11 Å². The summed E-state index contributed by atoms with van der Waals surface area (Å²) in [5.41, 5.74) is 0.275. The molecule has 2 aromatic carbocycles. The third kappa shape index (κ3) is 2.65. The number of aryl methyl sites for hydroxylation is 1. The van der Waals surface area contributed by atoms with Crippen LogP contribution in [0.5, 0.6) is 5.75 Å². The molecule has 2 aromatic rings. The summed E-state index contributed by atoms with van der Waals surface area (Å²) in [5.74, 6) is 0.126. The third-order valence-electron chi connectivity index (χ3n) is 3.45. The minimum Gasteiger partial charge on any atom is -0.495 e. The summed E-state index contributed by atoms with van der Waals surface area (Å²) in [7, 11) is 1.51. The number of halogens is 2. The predicted molar refractivity (Wildman–Crippen MR) is 77.8 cm³/mol. The van der Waals surface area contributed by atoms with Gasteiger partial charge in [0.1, 0.15) is 17.2 Å². The van der Waals surface area contributed by atoms with Crippen molar-refractivity contribution >= 4 is 11.6 Å². The van der Waals surface area contributed by atoms with Crippen LogP contribution in [0.25, 0.3) is 0 Å². The van der Waals surface area contributed by atoms with Gasteiger partial charge in [-0.05, 0) is 48.7 Å². The van der Waals surface area contributed by atoms with E-state index in [1.807, 2.05) is 0 Å². The molecule has 0 radical (unpaired) electrons. The van der Waals surface area contributed by atoms with E-state index < -0.39 is 5.60 Å². The molecule has 1 unspecified atom stereocenters. The second kappa shape index (κ2) is 5.43. The fourth-order valence-corrected chi connectivity index (χ4v) is 2.22. The van der Waals surface area contributed by atoms with Crippen molar-refractivity contribution < 1.29 is 14.2 Å². The van der Waals surface area contributed by atoms with Gasteiger partial charge in [-0.2, -0.15) is 0 Å². The lowest BCUT2D eigenvalue weighted by atomic mass is 9.87. The molecule has 0 spiro atoms. The smallest absolute Gasteiger partial charge is 0.137 e. The van der Waals surface area contributed by atoms with Crippen LogP contribution in [-0.2, 0) is 5.60 Å². The van der Waals surface area contributed by atoms with Crippen LogP contribution in [0.2, 0.25) is 5.02 Å². The Morgan fingerprint density at radius 2 is 1.75 bits per heavy atom. The summed E-state index contributed by atoms with van der Waals surface area (Å²) in [6.07, 6.45) is 0. The van der Waals surface area contributed by atoms with Gasteiger partial charge in [-0.15, -0.1) is 0 Å². The summed E-state index contributed by atoms with van der Waals surface area (Å²) >= 11 is 5.97. The number of ether oxygens (including phenoxy) is 1. The van der Waals surface area contributed by atoms with Crippen LogP contribution in [0.3, 0.4) is 0 Å². The van der Waals surface area contributed by atoms with Crippen LogP contribution in [0, 0.1) is 12.7 Å². The fraction of sp³-hybridized carbons (Fsp3) is 0.250. The van der Waals surface area contributed by atoms with Crippen molar-refractivity contribution in [1.82, 2.24) is 0 Å². The highest BCUT2D eigenvalue weighted by molar-refractivity contribution is 6.32. The highest BCUT2D eigenvalue weighted by atomic mass is 35.5. The number of rotatable bonds is 3. The summed E-state index contributed by atoms with van der Waals surface area (Å²) in [5, 5.41) is 11.2. The Balaban J connectivity index is 2.50. The van der Waals surface area contributed by atoms with E-state index in [1.54, 1.807) is 44.2 Å². The molecule has 2 nitrogen and oxygen atoms in total. The molecule has 0 aliphatic heterocycles. The monoisotopic (exact) mass is 294 g/mol. The van der Waals surface area contributed by atoms with E-state index in [0.29, 0.717) is 27.5 Å². The molecule has 0 saturated carbocycles. The topological polar surface area (TPSA) is 29.5 Å². The van der Waals surface area contributed by atoms with Gasteiger partial charge >= 0.3 is 0 Å². The van der Waals surface area contributed by atoms with Gasteiger partial charge in [-0.25, -0.2) is 4.39 Å². The van der Waals surface area contributed by atoms with Gasteiger partial charge in [0.25, 0.3) is 0 Å². The van der Waals surface area contributed by atoms with Gasteiger partial charge in [0.2, 0.25) is 0 Å². The van der Waals surface area contributed by atoms with Crippen LogP contribution >= 0.6 is 11.6 Å². The van der Waals surface area contributed by atoms with Gasteiger partial charge in [0.05, 0.1) is 12.1 Å². The Hall–Kier alpha value is -1.58. The average molecular weight is 295 g/mol. The molecular weight excluding hydrogens is 279 g/mol. The molecule has 20 heavy (non-hydrogen) atoms. The second-order valence-corrected chi connectivity index (χ2v) is 5.29. The summed E-state index contributed by atoms with van der Waals surface area (Å²) in [6, 6.07) is 9.69. The van der Waals surface area contributed by atoms with Crippen LogP contribution in [0.4, 0.5) is 4.39 Å². The van der Waals surface area contributed by atoms with Crippen molar-refractivity contribution in [3.63, 3.8) is 0 Å². The Kier molecular flexibility index (Phi) is 4.02. The first-order chi connectivity index (χ1) is 9.36. The highest BCUT2D eigenvalue weighted by Crippen LogP contribution is 2.34. The molecule has 2 rings (SSSR count). The van der Waals surface area contributed by atoms with E-state index in [0.717, 1.165) is 0 Å². The molecule has 0 saturated heterocycles. The Morgan fingerprint density at radius 1 is 1.15 bits per heavy atom. The summed E-state index contributed by atoms with van der Waals surface area (Å²) in [6.45, 7) is 3.29. The standard InChI is InChI=1S/C16H16ClFO2/c1-10-4-5-11(8-14(10)18)16(2,19)12-6-7-13(17)15(9-12)20-3/h4-9,19H,1-3H3. The van der Waals surface area contributed by atoms with Gasteiger partial charge in [0, 0.05) is 0 Å². The molecule has 0 heterocycles. The number of hydrogen-bond acceptors (Lipinski definition) is 2. The highest BCUT2D eigenvalue weighted by Gasteiger charge is 2.27. The first kappa shape index (κ1) is 14.8. The van der Waals surface area contributed by atoms with Gasteiger partial charge in [-0.3, -0.25) is 0 Å². The first-order valence-electron chi connectivity index (χ1n) is 6.19. The Bertz CT molecular complexity index is 638. The molecule has 0 aliphatic rings. The van der Waals surface area contributed by atoms with E-state index in [1.165, 1.54) is 13.2 Å². The lowest BCUT2D eigenvalue weighted by molar-refractivity contribution is 0.102. The zero-order chi connectivity index (χ0) is 14.9. The number of aliphatic hydroxyl groups is 1. The minimum atomic E-state index is -1.33. The SMILES string of the molecule is COc1cc(C(C)(O)c2ccc(C)c(F)c2)ccc1Cl. The van der Waals surface area contributed by atoms with Gasteiger partial charge in [0.15, 0.2) is 0 Å². The number of hydrogen-bond donors (Lipinski definition) is 1. The van der Waals surface area contributed by atoms with Crippen molar-refractivity contribution in [2.45, 2.75) is 19.4 Å². The molecule has 1 atom stereocenters. The summed E-state index contributed by atoms with van der Waals surface area (Å²) in [4.78, 5) is 0. The molecule has 0 aromatic heterocycles. The lowest BCUT2D eigenvalue weighted by Crippen LogP contribution is -2.23. The molecule has 0 amide bonds. The maximum atomic E-state index is 13.7. The minimum absolute atomic E-state index is 0.344. The normalized spacial score (nSPS) is 13.9. The fourth-order valence-electron chi connectivity index (χ4n) is 2.02. The van der Waals surface area contributed by atoms with Gasteiger partial charge in [-0.1, -0.05) is 29.8 Å². The van der Waals surface area contributed by atoms with Crippen molar-refractivity contribution in [2.24, 2.45) is 0 Å². The summed E-state index contributed by atoms with van der Waals surface area (Å²) < 4.78 is 18.8. The molecule has 4 heteroatoms. The van der Waals surface area contributed by atoms with E-state index in [4.69, 9.17) is 16.3 Å². The molecule has 0 bridgehead atoms. The zero-order valence-corrected chi connectivity index (χ0v) is 12.3. The van der Waals surface area contributed by atoms with E-state index in [9.17, 15) is 9.50 Å². The molecule has 106 valence electrons. The largest absolute Gasteiger partial charge is 0.495 e. The zero-order valence-electron chi connectivity index (χ0n) is 11.6. The van der Waals surface area contributed by atoms with Crippen LogP contribution < -0.4 is 4.74 Å². The predicted octanol–water partition coefficient (Wildman–Crippen LogP) is 4.05. The first-order valence-corrected chi connectivity index (χ1v) is 6.57. The molecule has 1 N–H and O–H groups in total. The number of benzene rings is 2. The van der Waals surface area contributed by atoms with Crippen molar-refractivity contribution in [3.8, 4) is 5.75 Å². The Labute approximate surface area is 122 Å². The molecule has 0 aliphatic carbocycles. The van der Waals surface area contributed by atoms with E-state index in [-0.39, 0.29) is 5.82 Å². The molecule has 0 fully saturated rings. The average Bonchev–Trinajstić information content (AvgIpc) is 2.42. The van der Waals surface area contributed by atoms with Crippen LogP contribution in [0.1, 0.15) is 23.6 Å². The number of methoxy groups -OCH3 is 1. The third-order valence-corrected chi connectivity index (χ3v) is 3.76. The quantitative estimate of drug-likeness (QED) is 0.925. The van der Waals surface area contributed by atoms with Crippen LogP contribution in [-0.4, -0.2) is 12.2 Å². The maximum Gasteiger partial charge on any atom is 0.137 e. The van der Waals surface area contributed by atoms with Crippen molar-refractivity contribution in [1.29, 1.82) is 0 Å². The van der Waals surface area contributed by atoms with E-state index in [2.05, 4.69) is 0 Å². The van der Waals surface area contributed by atoms with Crippen molar-refractivity contribution in [3.05, 3.63) is 63.9 Å². The van der Waals surface area contributed by atoms with Crippen LogP contribution in [0.15, 0.2) is 36.4 Å². The molecular formula is C16H16ClFO2. The van der Waals surface area contributed by atoms with Gasteiger partial charge < -0.3 is 9.84 Å². The lowest BCUT2D eigenvalue weighted by Gasteiger charge is -2.25.